The molecule has 1 atom stereocenters. The van der Waals surface area contributed by atoms with Gasteiger partial charge in [0.2, 0.25) is 0 Å². The molecular weight excluding hydrogens is 216 g/mol. The van der Waals surface area contributed by atoms with Gasteiger partial charge in [0.1, 0.15) is 0 Å². The molecule has 0 saturated carbocycles. The lowest BCUT2D eigenvalue weighted by atomic mass is 9.98. The molecule has 1 saturated heterocycles. The quantitative estimate of drug-likeness (QED) is 0.837. The van der Waals surface area contributed by atoms with E-state index in [1.807, 2.05) is 24.0 Å². The van der Waals surface area contributed by atoms with E-state index in [0.29, 0.717) is 12.1 Å². The first-order valence-electron chi connectivity index (χ1n) is 6.03. The van der Waals surface area contributed by atoms with Crippen molar-refractivity contribution < 1.29 is 9.90 Å². The van der Waals surface area contributed by atoms with Crippen molar-refractivity contribution >= 4 is 5.91 Å². The normalized spacial score (nSPS) is 20.4. The third-order valence-electron chi connectivity index (χ3n) is 3.22. The van der Waals surface area contributed by atoms with Crippen LogP contribution in [0.15, 0.2) is 18.3 Å². The molecule has 0 aromatic carbocycles. The van der Waals surface area contributed by atoms with E-state index in [-0.39, 0.29) is 18.4 Å². The summed E-state index contributed by atoms with van der Waals surface area (Å²) in [5, 5.41) is 9.15. The molecule has 1 fully saturated rings. The molecule has 0 bridgehead atoms. The average molecular weight is 234 g/mol. The lowest BCUT2D eigenvalue weighted by Crippen LogP contribution is -2.40. The van der Waals surface area contributed by atoms with Crippen molar-refractivity contribution in [2.45, 2.75) is 19.8 Å². The van der Waals surface area contributed by atoms with Crippen LogP contribution in [0.3, 0.4) is 0 Å². The summed E-state index contributed by atoms with van der Waals surface area (Å²) in [6.45, 7) is 3.50. The minimum atomic E-state index is 0.0238. The third-order valence-corrected chi connectivity index (χ3v) is 3.22. The van der Waals surface area contributed by atoms with Gasteiger partial charge in [0.05, 0.1) is 5.56 Å². The van der Waals surface area contributed by atoms with Crippen LogP contribution < -0.4 is 0 Å². The smallest absolute Gasteiger partial charge is 0.255 e. The molecule has 17 heavy (non-hydrogen) atoms. The van der Waals surface area contributed by atoms with Crippen molar-refractivity contribution in [2.24, 2.45) is 5.92 Å². The zero-order chi connectivity index (χ0) is 12.3. The number of aliphatic hydroxyl groups excluding tert-OH is 1. The Morgan fingerprint density at radius 2 is 2.41 bits per heavy atom. The number of rotatable bonds is 2. The molecule has 0 aliphatic carbocycles. The van der Waals surface area contributed by atoms with E-state index in [0.717, 1.165) is 25.1 Å². The van der Waals surface area contributed by atoms with Gasteiger partial charge in [0, 0.05) is 31.6 Å². The van der Waals surface area contributed by atoms with Crippen molar-refractivity contribution in [2.75, 3.05) is 19.7 Å². The van der Waals surface area contributed by atoms with Gasteiger partial charge in [-0.3, -0.25) is 9.78 Å². The number of aliphatic hydroxyl groups is 1. The van der Waals surface area contributed by atoms with E-state index >= 15 is 0 Å². The van der Waals surface area contributed by atoms with E-state index in [1.54, 1.807) is 6.20 Å². The van der Waals surface area contributed by atoms with E-state index < -0.39 is 0 Å². The van der Waals surface area contributed by atoms with Crippen LogP contribution >= 0.6 is 0 Å². The van der Waals surface area contributed by atoms with Gasteiger partial charge in [-0.2, -0.15) is 0 Å². The lowest BCUT2D eigenvalue weighted by Gasteiger charge is -2.31. The third kappa shape index (κ3) is 2.82. The summed E-state index contributed by atoms with van der Waals surface area (Å²) in [6.07, 6.45) is 3.60. The summed E-state index contributed by atoms with van der Waals surface area (Å²) in [5.74, 6) is 0.252. The zero-order valence-corrected chi connectivity index (χ0v) is 10.1. The van der Waals surface area contributed by atoms with Crippen LogP contribution in [-0.4, -0.2) is 40.6 Å². The van der Waals surface area contributed by atoms with Gasteiger partial charge < -0.3 is 10.0 Å². The summed E-state index contributed by atoms with van der Waals surface area (Å²) in [7, 11) is 0. The fraction of sp³-hybridized carbons (Fsp3) is 0.538. The summed E-state index contributed by atoms with van der Waals surface area (Å²) >= 11 is 0. The number of carbonyl (C=O) groups excluding carboxylic acids is 1. The summed E-state index contributed by atoms with van der Waals surface area (Å²) < 4.78 is 0. The molecule has 1 aliphatic heterocycles. The van der Waals surface area contributed by atoms with Crippen molar-refractivity contribution in [3.05, 3.63) is 29.6 Å². The number of nitrogens with zero attached hydrogens (tertiary/aromatic N) is 2. The topological polar surface area (TPSA) is 53.4 Å². The highest BCUT2D eigenvalue weighted by molar-refractivity contribution is 5.94. The van der Waals surface area contributed by atoms with Crippen molar-refractivity contribution in [1.82, 2.24) is 9.88 Å². The van der Waals surface area contributed by atoms with Crippen LogP contribution in [0, 0.1) is 12.8 Å². The standard InChI is InChI=1S/C13H18N2O2/c1-10-4-5-12(7-14-10)13(17)15-6-2-3-11(8-15)9-16/h4-5,7,11,16H,2-3,6,8-9H2,1H3. The number of amides is 1. The second-order valence-electron chi connectivity index (χ2n) is 4.63. The minimum absolute atomic E-state index is 0.0238. The van der Waals surface area contributed by atoms with E-state index in [4.69, 9.17) is 5.11 Å². The van der Waals surface area contributed by atoms with Crippen LogP contribution in [0.4, 0.5) is 0 Å². The second kappa shape index (κ2) is 5.27. The number of carbonyl (C=O) groups is 1. The number of likely N-dealkylation sites (tertiary alicyclic amines) is 1. The van der Waals surface area contributed by atoms with Gasteiger partial charge in [-0.25, -0.2) is 0 Å². The Labute approximate surface area is 101 Å². The molecule has 1 aliphatic rings. The van der Waals surface area contributed by atoms with E-state index in [2.05, 4.69) is 4.98 Å². The number of hydrogen-bond donors (Lipinski definition) is 1. The molecular formula is C13H18N2O2. The molecule has 0 radical (unpaired) electrons. The lowest BCUT2D eigenvalue weighted by molar-refractivity contribution is 0.0620. The zero-order valence-electron chi connectivity index (χ0n) is 10.1. The molecule has 1 unspecified atom stereocenters. The molecule has 1 aromatic rings. The molecule has 1 N–H and O–H groups in total. The summed E-state index contributed by atoms with van der Waals surface area (Å²) in [5.41, 5.74) is 1.54. The number of aromatic nitrogens is 1. The fourth-order valence-electron chi connectivity index (χ4n) is 2.18. The van der Waals surface area contributed by atoms with Crippen LogP contribution in [0.1, 0.15) is 28.9 Å². The highest BCUT2D eigenvalue weighted by atomic mass is 16.3. The van der Waals surface area contributed by atoms with Crippen LogP contribution in [0.2, 0.25) is 0 Å². The van der Waals surface area contributed by atoms with Crippen molar-refractivity contribution in [3.63, 3.8) is 0 Å². The average Bonchev–Trinajstić information content (AvgIpc) is 2.39. The number of pyridine rings is 1. The van der Waals surface area contributed by atoms with Gasteiger partial charge in [0.25, 0.3) is 5.91 Å². The fourth-order valence-corrected chi connectivity index (χ4v) is 2.18. The Balaban J connectivity index is 2.06. The molecule has 1 amide bonds. The Hall–Kier alpha value is -1.42. The monoisotopic (exact) mass is 234 g/mol. The van der Waals surface area contributed by atoms with E-state index in [9.17, 15) is 4.79 Å². The number of piperidine rings is 1. The first kappa shape index (κ1) is 12.0. The van der Waals surface area contributed by atoms with Gasteiger partial charge in [-0.15, -0.1) is 0 Å². The highest BCUT2D eigenvalue weighted by Crippen LogP contribution is 2.17. The Morgan fingerprint density at radius 3 is 3.06 bits per heavy atom. The van der Waals surface area contributed by atoms with Crippen molar-refractivity contribution in [1.29, 1.82) is 0 Å². The first-order valence-corrected chi connectivity index (χ1v) is 6.03. The van der Waals surface area contributed by atoms with E-state index in [1.165, 1.54) is 0 Å². The highest BCUT2D eigenvalue weighted by Gasteiger charge is 2.23. The Bertz CT molecular complexity index is 389. The molecule has 2 heterocycles. The summed E-state index contributed by atoms with van der Waals surface area (Å²) in [4.78, 5) is 18.1. The minimum Gasteiger partial charge on any atom is -0.396 e. The van der Waals surface area contributed by atoms with Crippen molar-refractivity contribution in [3.8, 4) is 0 Å². The second-order valence-corrected chi connectivity index (χ2v) is 4.63. The van der Waals surface area contributed by atoms with Crippen LogP contribution in [0.25, 0.3) is 0 Å². The predicted octanol–water partition coefficient (Wildman–Crippen LogP) is 1.23. The Morgan fingerprint density at radius 1 is 1.59 bits per heavy atom. The molecule has 4 heteroatoms. The largest absolute Gasteiger partial charge is 0.396 e. The molecule has 2 rings (SSSR count). The summed E-state index contributed by atoms with van der Waals surface area (Å²) in [6, 6.07) is 3.66. The maximum Gasteiger partial charge on any atom is 0.255 e. The SMILES string of the molecule is Cc1ccc(C(=O)N2CCCC(CO)C2)cn1. The molecule has 4 nitrogen and oxygen atoms in total. The first-order chi connectivity index (χ1) is 8.20. The van der Waals surface area contributed by atoms with Gasteiger partial charge in [0.15, 0.2) is 0 Å². The Kier molecular flexibility index (Phi) is 3.74. The molecule has 0 spiro atoms. The van der Waals surface area contributed by atoms with Crippen LogP contribution in [0.5, 0.6) is 0 Å². The van der Waals surface area contributed by atoms with Gasteiger partial charge >= 0.3 is 0 Å². The number of aryl methyl sites for hydroxylation is 1. The molecule has 1 aromatic heterocycles. The number of hydrogen-bond acceptors (Lipinski definition) is 3. The maximum absolute atomic E-state index is 12.2. The van der Waals surface area contributed by atoms with Gasteiger partial charge in [-0.05, 0) is 37.8 Å². The van der Waals surface area contributed by atoms with Gasteiger partial charge in [-0.1, -0.05) is 0 Å². The van der Waals surface area contributed by atoms with Crippen LogP contribution in [-0.2, 0) is 0 Å². The maximum atomic E-state index is 12.2. The predicted molar refractivity (Wildman–Crippen MR) is 64.7 cm³/mol. The molecule has 92 valence electrons.